The van der Waals surface area contributed by atoms with Crippen LogP contribution in [0.3, 0.4) is 0 Å². The number of aliphatic hydroxyl groups is 1. The number of aromatic nitrogens is 1. The summed E-state index contributed by atoms with van der Waals surface area (Å²) in [6, 6.07) is 7.33. The summed E-state index contributed by atoms with van der Waals surface area (Å²) in [6.07, 6.45) is 4.09. The van der Waals surface area contributed by atoms with Crippen LogP contribution in [0.2, 0.25) is 0 Å². The van der Waals surface area contributed by atoms with E-state index >= 15 is 0 Å². The van der Waals surface area contributed by atoms with Crippen molar-refractivity contribution in [2.24, 2.45) is 5.92 Å². The van der Waals surface area contributed by atoms with E-state index in [1.165, 1.54) is 4.90 Å². The molecule has 2 atom stereocenters. The third-order valence-corrected chi connectivity index (χ3v) is 4.48. The SMILES string of the molecule is CN(CC1CCCC1O)C(=O)C(=O)Nc1ccc2[nH]ccc2c1. The number of fused-ring (bicyclic) bond motifs is 1. The van der Waals surface area contributed by atoms with Crippen molar-refractivity contribution in [2.45, 2.75) is 25.4 Å². The number of rotatable bonds is 3. The highest BCUT2D eigenvalue weighted by atomic mass is 16.3. The van der Waals surface area contributed by atoms with E-state index in [1.54, 1.807) is 13.1 Å². The van der Waals surface area contributed by atoms with Crippen molar-refractivity contribution in [3.63, 3.8) is 0 Å². The average Bonchev–Trinajstić information content (AvgIpc) is 3.15. The Bertz CT molecular complexity index is 725. The van der Waals surface area contributed by atoms with Gasteiger partial charge >= 0.3 is 11.8 Å². The minimum atomic E-state index is -0.658. The summed E-state index contributed by atoms with van der Waals surface area (Å²) >= 11 is 0. The molecule has 6 heteroatoms. The van der Waals surface area contributed by atoms with Crippen LogP contribution in [0.15, 0.2) is 30.5 Å². The molecule has 3 rings (SSSR count). The lowest BCUT2D eigenvalue weighted by atomic mass is 10.1. The van der Waals surface area contributed by atoms with Crippen LogP contribution in [-0.4, -0.2) is 46.5 Å². The highest BCUT2D eigenvalue weighted by Crippen LogP contribution is 2.26. The van der Waals surface area contributed by atoms with E-state index in [9.17, 15) is 14.7 Å². The van der Waals surface area contributed by atoms with Crippen molar-refractivity contribution >= 4 is 28.4 Å². The molecule has 122 valence electrons. The second kappa shape index (κ2) is 6.42. The number of nitrogens with one attached hydrogen (secondary N) is 2. The molecule has 1 aliphatic carbocycles. The molecule has 1 aliphatic rings. The van der Waals surface area contributed by atoms with E-state index in [2.05, 4.69) is 10.3 Å². The molecule has 23 heavy (non-hydrogen) atoms. The van der Waals surface area contributed by atoms with Gasteiger partial charge in [0.25, 0.3) is 0 Å². The van der Waals surface area contributed by atoms with Gasteiger partial charge in [0.15, 0.2) is 0 Å². The highest BCUT2D eigenvalue weighted by Gasteiger charge is 2.29. The number of hydrogen-bond donors (Lipinski definition) is 3. The van der Waals surface area contributed by atoms with Crippen molar-refractivity contribution < 1.29 is 14.7 Å². The molecule has 0 radical (unpaired) electrons. The maximum Gasteiger partial charge on any atom is 0.313 e. The second-order valence-electron chi connectivity index (χ2n) is 6.18. The summed E-state index contributed by atoms with van der Waals surface area (Å²) in [5.74, 6) is -1.18. The molecule has 0 bridgehead atoms. The molecule has 1 heterocycles. The number of carbonyl (C=O) groups is 2. The van der Waals surface area contributed by atoms with Crippen LogP contribution in [0, 0.1) is 5.92 Å². The number of carbonyl (C=O) groups excluding carboxylic acids is 2. The number of anilines is 1. The predicted molar refractivity (Wildman–Crippen MR) is 87.9 cm³/mol. The molecule has 2 amide bonds. The molecule has 6 nitrogen and oxygen atoms in total. The predicted octanol–water partition coefficient (Wildman–Crippen LogP) is 1.73. The zero-order chi connectivity index (χ0) is 16.4. The van der Waals surface area contributed by atoms with Gasteiger partial charge < -0.3 is 20.3 Å². The molecule has 2 unspecified atom stereocenters. The molecule has 1 saturated carbocycles. The van der Waals surface area contributed by atoms with Crippen LogP contribution < -0.4 is 5.32 Å². The zero-order valence-electron chi connectivity index (χ0n) is 13.1. The fourth-order valence-corrected chi connectivity index (χ4v) is 3.15. The first-order valence-corrected chi connectivity index (χ1v) is 7.86. The number of aliphatic hydroxyl groups excluding tert-OH is 1. The number of H-pyrrole nitrogens is 1. The number of likely N-dealkylation sites (N-methyl/N-ethyl adjacent to an activating group) is 1. The van der Waals surface area contributed by atoms with E-state index in [4.69, 9.17) is 0 Å². The fraction of sp³-hybridized carbons (Fsp3) is 0.412. The third-order valence-electron chi connectivity index (χ3n) is 4.48. The third kappa shape index (κ3) is 3.37. The Morgan fingerprint density at radius 2 is 2.17 bits per heavy atom. The molecule has 0 saturated heterocycles. The molecule has 1 aromatic carbocycles. The van der Waals surface area contributed by atoms with Gasteiger partial charge in [-0.1, -0.05) is 6.42 Å². The quantitative estimate of drug-likeness (QED) is 0.754. The Labute approximate surface area is 134 Å². The van der Waals surface area contributed by atoms with Crippen molar-refractivity contribution in [3.8, 4) is 0 Å². The van der Waals surface area contributed by atoms with E-state index in [1.807, 2.05) is 24.4 Å². The summed E-state index contributed by atoms with van der Waals surface area (Å²) in [7, 11) is 1.60. The number of hydrogen-bond acceptors (Lipinski definition) is 3. The fourth-order valence-electron chi connectivity index (χ4n) is 3.15. The van der Waals surface area contributed by atoms with E-state index in [0.717, 1.165) is 30.2 Å². The van der Waals surface area contributed by atoms with Gasteiger partial charge in [-0.15, -0.1) is 0 Å². The van der Waals surface area contributed by atoms with Gasteiger partial charge in [-0.25, -0.2) is 0 Å². The van der Waals surface area contributed by atoms with Crippen LogP contribution >= 0.6 is 0 Å². The summed E-state index contributed by atoms with van der Waals surface area (Å²) in [4.78, 5) is 28.8. The number of nitrogens with zero attached hydrogens (tertiary/aromatic N) is 1. The van der Waals surface area contributed by atoms with Crippen LogP contribution in [0.4, 0.5) is 5.69 Å². The van der Waals surface area contributed by atoms with Crippen molar-refractivity contribution in [1.82, 2.24) is 9.88 Å². The maximum absolute atomic E-state index is 12.2. The van der Waals surface area contributed by atoms with E-state index in [0.29, 0.717) is 12.2 Å². The molecule has 2 aromatic rings. The summed E-state index contributed by atoms with van der Waals surface area (Å²) in [6.45, 7) is 0.407. The van der Waals surface area contributed by atoms with Crippen molar-refractivity contribution in [3.05, 3.63) is 30.5 Å². The first kappa shape index (κ1) is 15.6. The van der Waals surface area contributed by atoms with Gasteiger partial charge in [0.05, 0.1) is 6.10 Å². The summed E-state index contributed by atoms with van der Waals surface area (Å²) in [5.41, 5.74) is 1.56. The number of benzene rings is 1. The van der Waals surface area contributed by atoms with Gasteiger partial charge in [0, 0.05) is 42.3 Å². The van der Waals surface area contributed by atoms with Gasteiger partial charge in [-0.2, -0.15) is 0 Å². The lowest BCUT2D eigenvalue weighted by Crippen LogP contribution is -2.40. The second-order valence-corrected chi connectivity index (χ2v) is 6.18. The highest BCUT2D eigenvalue weighted by molar-refractivity contribution is 6.39. The van der Waals surface area contributed by atoms with Crippen LogP contribution in [0.1, 0.15) is 19.3 Å². The van der Waals surface area contributed by atoms with Crippen LogP contribution in [-0.2, 0) is 9.59 Å². The molecule has 1 aromatic heterocycles. The van der Waals surface area contributed by atoms with Gasteiger partial charge in [-0.05, 0) is 37.1 Å². The minimum Gasteiger partial charge on any atom is -0.393 e. The average molecular weight is 315 g/mol. The van der Waals surface area contributed by atoms with Crippen LogP contribution in [0.5, 0.6) is 0 Å². The Morgan fingerprint density at radius 3 is 2.91 bits per heavy atom. The monoisotopic (exact) mass is 315 g/mol. The molecule has 0 spiro atoms. The Morgan fingerprint density at radius 1 is 1.35 bits per heavy atom. The standard InChI is InChI=1S/C17H21N3O3/c1-20(10-12-3-2-4-15(12)21)17(23)16(22)19-13-5-6-14-11(9-13)7-8-18-14/h5-9,12,15,18,21H,2-4,10H2,1H3,(H,19,22). The largest absolute Gasteiger partial charge is 0.393 e. The molecule has 1 fully saturated rings. The van der Waals surface area contributed by atoms with E-state index in [-0.39, 0.29) is 12.0 Å². The maximum atomic E-state index is 12.2. The topological polar surface area (TPSA) is 85.4 Å². The van der Waals surface area contributed by atoms with Gasteiger partial charge in [-0.3, -0.25) is 9.59 Å². The molecular weight excluding hydrogens is 294 g/mol. The van der Waals surface area contributed by atoms with Gasteiger partial charge in [0.2, 0.25) is 0 Å². The van der Waals surface area contributed by atoms with Gasteiger partial charge in [0.1, 0.15) is 0 Å². The van der Waals surface area contributed by atoms with Crippen molar-refractivity contribution in [2.75, 3.05) is 18.9 Å². The van der Waals surface area contributed by atoms with Crippen LogP contribution in [0.25, 0.3) is 10.9 Å². The first-order chi connectivity index (χ1) is 11.0. The van der Waals surface area contributed by atoms with E-state index < -0.39 is 11.8 Å². The molecular formula is C17H21N3O3. The van der Waals surface area contributed by atoms with Crippen molar-refractivity contribution in [1.29, 1.82) is 0 Å². The lowest BCUT2D eigenvalue weighted by molar-refractivity contribution is -0.142. The zero-order valence-corrected chi connectivity index (χ0v) is 13.1. The first-order valence-electron chi connectivity index (χ1n) is 7.86. The Kier molecular flexibility index (Phi) is 4.34. The molecule has 0 aliphatic heterocycles. The Hall–Kier alpha value is -2.34. The smallest absolute Gasteiger partial charge is 0.313 e. The normalized spacial score (nSPS) is 20.6. The Balaban J connectivity index is 1.61. The lowest BCUT2D eigenvalue weighted by Gasteiger charge is -2.22. The summed E-state index contributed by atoms with van der Waals surface area (Å²) < 4.78 is 0. The number of amides is 2. The molecule has 3 N–H and O–H groups in total. The summed E-state index contributed by atoms with van der Waals surface area (Å²) in [5, 5.41) is 13.4. The minimum absolute atomic E-state index is 0.0629. The number of aromatic amines is 1.